The normalized spacial score (nSPS) is 10.5. The third kappa shape index (κ3) is 3.70. The molecule has 0 saturated heterocycles. The summed E-state index contributed by atoms with van der Waals surface area (Å²) in [5.74, 6) is -0.280. The minimum atomic E-state index is -0.546. The van der Waals surface area contributed by atoms with Crippen LogP contribution in [-0.4, -0.2) is 11.7 Å². The number of benzene rings is 2. The molecular weight excluding hydrogens is 278 g/mol. The lowest BCUT2D eigenvalue weighted by atomic mass is 10.2. The maximum atomic E-state index is 13.6. The van der Waals surface area contributed by atoms with E-state index in [1.165, 1.54) is 0 Å². The van der Waals surface area contributed by atoms with Gasteiger partial charge in [0.15, 0.2) is 11.5 Å². The molecule has 0 heterocycles. The van der Waals surface area contributed by atoms with E-state index in [2.05, 4.69) is 0 Å². The summed E-state index contributed by atoms with van der Waals surface area (Å²) in [5, 5.41) is 9.34. The Kier molecular flexibility index (Phi) is 5.11. The number of hydrogen-bond acceptors (Lipinski definition) is 3. The lowest BCUT2D eigenvalue weighted by Crippen LogP contribution is -2.04. The third-order valence-electron chi connectivity index (χ3n) is 2.91. The first-order valence-electron chi connectivity index (χ1n) is 6.58. The molecule has 2 aromatic rings. The maximum absolute atomic E-state index is 13.6. The Balaban J connectivity index is 2.24. The van der Waals surface area contributed by atoms with E-state index in [0.717, 1.165) is 18.2 Å². The zero-order valence-corrected chi connectivity index (χ0v) is 11.6. The fourth-order valence-electron chi connectivity index (χ4n) is 1.92. The number of ether oxygens (including phenoxy) is 2. The van der Waals surface area contributed by atoms with Crippen LogP contribution in [0.2, 0.25) is 0 Å². The van der Waals surface area contributed by atoms with E-state index in [1.54, 1.807) is 18.2 Å². The molecule has 0 bridgehead atoms. The van der Waals surface area contributed by atoms with Crippen LogP contribution in [0.25, 0.3) is 0 Å². The summed E-state index contributed by atoms with van der Waals surface area (Å²) >= 11 is 0. The van der Waals surface area contributed by atoms with Crippen LogP contribution in [0.15, 0.2) is 36.4 Å². The van der Waals surface area contributed by atoms with Crippen LogP contribution in [0, 0.1) is 11.6 Å². The highest BCUT2D eigenvalue weighted by Gasteiger charge is 2.12. The molecule has 1 N–H and O–H groups in total. The molecule has 0 aromatic heterocycles. The van der Waals surface area contributed by atoms with Gasteiger partial charge in [0.25, 0.3) is 0 Å². The van der Waals surface area contributed by atoms with Gasteiger partial charge in [-0.25, -0.2) is 8.78 Å². The summed E-state index contributed by atoms with van der Waals surface area (Å²) in [4.78, 5) is 0. The molecular formula is C16H16F2O3. The Morgan fingerprint density at radius 1 is 1.05 bits per heavy atom. The van der Waals surface area contributed by atoms with Crippen LogP contribution in [0.1, 0.15) is 18.1 Å². The number of aliphatic hydroxyl groups excluding tert-OH is 1. The molecule has 0 aliphatic rings. The average Bonchev–Trinajstić information content (AvgIpc) is 2.49. The highest BCUT2D eigenvalue weighted by molar-refractivity contribution is 5.46. The van der Waals surface area contributed by atoms with E-state index >= 15 is 0 Å². The summed E-state index contributed by atoms with van der Waals surface area (Å²) < 4.78 is 37.7. The van der Waals surface area contributed by atoms with Gasteiger partial charge in [0.1, 0.15) is 18.2 Å². The van der Waals surface area contributed by atoms with Crippen molar-refractivity contribution in [3.63, 3.8) is 0 Å². The summed E-state index contributed by atoms with van der Waals surface area (Å²) in [6.07, 6.45) is 0. The molecule has 2 aromatic carbocycles. The first kappa shape index (κ1) is 15.3. The first-order valence-corrected chi connectivity index (χ1v) is 6.58. The second-order valence-corrected chi connectivity index (χ2v) is 4.36. The van der Waals surface area contributed by atoms with Gasteiger partial charge in [-0.3, -0.25) is 0 Å². The van der Waals surface area contributed by atoms with E-state index < -0.39 is 11.6 Å². The number of hydrogen-bond donors (Lipinski definition) is 1. The van der Waals surface area contributed by atoms with Crippen molar-refractivity contribution in [1.29, 1.82) is 0 Å². The van der Waals surface area contributed by atoms with Crippen molar-refractivity contribution in [2.24, 2.45) is 0 Å². The molecule has 5 heteroatoms. The van der Waals surface area contributed by atoms with Gasteiger partial charge in [0.05, 0.1) is 13.2 Å². The smallest absolute Gasteiger partial charge is 0.167 e. The van der Waals surface area contributed by atoms with E-state index in [1.807, 2.05) is 6.92 Å². The van der Waals surface area contributed by atoms with Gasteiger partial charge in [-0.2, -0.15) is 0 Å². The monoisotopic (exact) mass is 294 g/mol. The van der Waals surface area contributed by atoms with Crippen molar-refractivity contribution in [2.75, 3.05) is 6.61 Å². The van der Waals surface area contributed by atoms with Crippen LogP contribution in [-0.2, 0) is 13.2 Å². The Morgan fingerprint density at radius 3 is 2.57 bits per heavy atom. The zero-order valence-electron chi connectivity index (χ0n) is 11.6. The molecule has 2 rings (SSSR count). The largest absolute Gasteiger partial charge is 0.490 e. The van der Waals surface area contributed by atoms with Gasteiger partial charge < -0.3 is 14.6 Å². The number of halogens is 2. The minimum absolute atomic E-state index is 0.102. The maximum Gasteiger partial charge on any atom is 0.167 e. The van der Waals surface area contributed by atoms with E-state index in [9.17, 15) is 13.9 Å². The van der Waals surface area contributed by atoms with Crippen molar-refractivity contribution < 1.29 is 23.4 Å². The van der Waals surface area contributed by atoms with Crippen LogP contribution in [0.5, 0.6) is 11.5 Å². The van der Waals surface area contributed by atoms with E-state index in [0.29, 0.717) is 23.7 Å². The zero-order chi connectivity index (χ0) is 15.2. The minimum Gasteiger partial charge on any atom is -0.490 e. The molecule has 0 spiro atoms. The van der Waals surface area contributed by atoms with Gasteiger partial charge in [-0.1, -0.05) is 12.1 Å². The van der Waals surface area contributed by atoms with Crippen molar-refractivity contribution in [3.8, 4) is 11.5 Å². The van der Waals surface area contributed by atoms with Gasteiger partial charge >= 0.3 is 0 Å². The van der Waals surface area contributed by atoms with Crippen LogP contribution >= 0.6 is 0 Å². The number of para-hydroxylation sites is 1. The summed E-state index contributed by atoms with van der Waals surface area (Å²) in [7, 11) is 0. The standard InChI is InChI=1S/C16H16F2O3/c1-2-20-15-5-3-4-11(9-19)16(15)21-10-12-8-13(17)6-7-14(12)18/h3-8,19H,2,9-10H2,1H3. The summed E-state index contributed by atoms with van der Waals surface area (Å²) in [6.45, 7) is 1.86. The lowest BCUT2D eigenvalue weighted by molar-refractivity contribution is 0.241. The Labute approximate surface area is 121 Å². The third-order valence-corrected chi connectivity index (χ3v) is 2.91. The van der Waals surface area contributed by atoms with Gasteiger partial charge in [0, 0.05) is 11.1 Å². The highest BCUT2D eigenvalue weighted by Crippen LogP contribution is 2.32. The molecule has 0 aliphatic carbocycles. The molecule has 21 heavy (non-hydrogen) atoms. The molecule has 0 atom stereocenters. The quantitative estimate of drug-likeness (QED) is 0.887. The van der Waals surface area contributed by atoms with Gasteiger partial charge in [-0.15, -0.1) is 0 Å². The Morgan fingerprint density at radius 2 is 1.86 bits per heavy atom. The van der Waals surface area contributed by atoms with Gasteiger partial charge in [0.2, 0.25) is 0 Å². The average molecular weight is 294 g/mol. The fourth-order valence-corrected chi connectivity index (χ4v) is 1.92. The van der Waals surface area contributed by atoms with Crippen molar-refractivity contribution in [1.82, 2.24) is 0 Å². The second kappa shape index (κ2) is 7.04. The summed E-state index contributed by atoms with van der Waals surface area (Å²) in [5.41, 5.74) is 0.628. The van der Waals surface area contributed by atoms with Crippen molar-refractivity contribution in [3.05, 3.63) is 59.2 Å². The number of rotatable bonds is 6. The molecule has 0 amide bonds. The topological polar surface area (TPSA) is 38.7 Å². The summed E-state index contributed by atoms with van der Waals surface area (Å²) in [6, 6.07) is 8.28. The molecule has 0 aliphatic heterocycles. The van der Waals surface area contributed by atoms with E-state index in [-0.39, 0.29) is 18.8 Å². The Bertz CT molecular complexity index is 614. The Hall–Kier alpha value is -2.14. The second-order valence-electron chi connectivity index (χ2n) is 4.36. The van der Waals surface area contributed by atoms with Crippen LogP contribution < -0.4 is 9.47 Å². The molecule has 0 radical (unpaired) electrons. The van der Waals surface area contributed by atoms with Crippen LogP contribution in [0.4, 0.5) is 8.78 Å². The highest BCUT2D eigenvalue weighted by atomic mass is 19.1. The van der Waals surface area contributed by atoms with Crippen molar-refractivity contribution in [2.45, 2.75) is 20.1 Å². The molecule has 112 valence electrons. The number of aliphatic hydroxyl groups is 1. The molecule has 0 fully saturated rings. The predicted molar refractivity (Wildman–Crippen MR) is 74.2 cm³/mol. The SMILES string of the molecule is CCOc1cccc(CO)c1OCc1cc(F)ccc1F. The van der Waals surface area contributed by atoms with E-state index in [4.69, 9.17) is 9.47 Å². The lowest BCUT2D eigenvalue weighted by Gasteiger charge is -2.15. The predicted octanol–water partition coefficient (Wildman–Crippen LogP) is 3.43. The van der Waals surface area contributed by atoms with Crippen LogP contribution in [0.3, 0.4) is 0 Å². The molecule has 0 saturated carbocycles. The molecule has 0 unspecified atom stereocenters. The molecule has 3 nitrogen and oxygen atoms in total. The van der Waals surface area contributed by atoms with Gasteiger partial charge in [-0.05, 0) is 31.2 Å². The fraction of sp³-hybridized carbons (Fsp3) is 0.250. The first-order chi connectivity index (χ1) is 10.2. The van der Waals surface area contributed by atoms with Crippen molar-refractivity contribution >= 4 is 0 Å².